The van der Waals surface area contributed by atoms with Gasteiger partial charge in [-0.25, -0.2) is 13.4 Å². The normalized spacial score (nSPS) is 13.4. The molecule has 0 fully saturated rings. The molecule has 10 heteroatoms. The Morgan fingerprint density at radius 2 is 2.03 bits per heavy atom. The second-order valence-corrected chi connectivity index (χ2v) is 10.8. The van der Waals surface area contributed by atoms with Gasteiger partial charge in [0.15, 0.2) is 5.13 Å². The molecule has 1 aliphatic rings. The number of anilines is 2. The van der Waals surface area contributed by atoms with Crippen LogP contribution in [0.4, 0.5) is 10.8 Å². The lowest BCUT2D eigenvalue weighted by molar-refractivity contribution is 0.102. The molecule has 2 heterocycles. The highest BCUT2D eigenvalue weighted by Crippen LogP contribution is 2.31. The molecule has 0 aliphatic carbocycles. The number of nitrogens with one attached hydrogen (secondary N) is 1. The Kier molecular flexibility index (Phi) is 5.76. The topological polar surface area (TPSA) is 79.4 Å². The first-order valence-electron chi connectivity index (χ1n) is 9.01. The summed E-state index contributed by atoms with van der Waals surface area (Å²) in [4.78, 5) is 17.9. The van der Waals surface area contributed by atoms with Crippen LogP contribution < -0.4 is 9.62 Å². The van der Waals surface area contributed by atoms with Crippen LogP contribution in [0.5, 0.6) is 0 Å². The monoisotopic (exact) mass is 481 g/mol. The van der Waals surface area contributed by atoms with Crippen molar-refractivity contribution in [3.8, 4) is 0 Å². The van der Waals surface area contributed by atoms with E-state index in [1.54, 1.807) is 36.5 Å². The molecule has 6 nitrogen and oxygen atoms in total. The number of hydrogen-bond donors (Lipinski definition) is 1. The Balaban J connectivity index is 1.47. The van der Waals surface area contributed by atoms with Gasteiger partial charge in [0, 0.05) is 39.6 Å². The molecule has 1 amide bonds. The predicted octanol–water partition coefficient (Wildman–Crippen LogP) is 4.62. The van der Waals surface area contributed by atoms with Crippen molar-refractivity contribution in [2.75, 3.05) is 22.4 Å². The van der Waals surface area contributed by atoms with E-state index in [0.717, 1.165) is 16.0 Å². The van der Waals surface area contributed by atoms with Crippen molar-refractivity contribution in [3.63, 3.8) is 0 Å². The van der Waals surface area contributed by atoms with Gasteiger partial charge in [0.25, 0.3) is 5.91 Å². The van der Waals surface area contributed by atoms with Crippen molar-refractivity contribution < 1.29 is 13.2 Å². The number of carbonyl (C=O) groups excluding carboxylic acids is 1. The van der Waals surface area contributed by atoms with Gasteiger partial charge in [0.1, 0.15) is 0 Å². The average molecular weight is 482 g/mol. The van der Waals surface area contributed by atoms with Gasteiger partial charge in [-0.2, -0.15) is 0 Å². The molecule has 156 valence electrons. The summed E-state index contributed by atoms with van der Waals surface area (Å²) in [6.45, 7) is 0.390. The van der Waals surface area contributed by atoms with Gasteiger partial charge in [-0.05, 0) is 53.9 Å². The summed E-state index contributed by atoms with van der Waals surface area (Å²) in [7, 11) is -3.32. The first kappa shape index (κ1) is 21.1. The van der Waals surface area contributed by atoms with E-state index in [0.29, 0.717) is 45.8 Å². The molecule has 0 atom stereocenters. The number of aromatic nitrogens is 1. The van der Waals surface area contributed by atoms with E-state index >= 15 is 0 Å². The number of nitrogens with zero attached hydrogens (tertiary/aromatic N) is 2. The number of rotatable bonds is 5. The molecule has 0 saturated carbocycles. The Hall–Kier alpha value is -2.13. The lowest BCUT2D eigenvalue weighted by atomic mass is 10.1. The van der Waals surface area contributed by atoms with Crippen molar-refractivity contribution in [1.82, 2.24) is 4.98 Å². The van der Waals surface area contributed by atoms with Gasteiger partial charge in [-0.15, -0.1) is 11.3 Å². The van der Waals surface area contributed by atoms with E-state index in [2.05, 4.69) is 10.3 Å². The summed E-state index contributed by atoms with van der Waals surface area (Å²) >= 11 is 13.6. The fourth-order valence-corrected chi connectivity index (χ4v) is 5.51. The fraction of sp³-hybridized carbons (Fsp3) is 0.200. The van der Waals surface area contributed by atoms with Gasteiger partial charge in [-0.1, -0.05) is 23.2 Å². The Morgan fingerprint density at radius 3 is 2.80 bits per heavy atom. The second-order valence-electron chi connectivity index (χ2n) is 6.93. The molecule has 4 rings (SSSR count). The van der Waals surface area contributed by atoms with Crippen molar-refractivity contribution in [2.24, 2.45) is 0 Å². The van der Waals surface area contributed by atoms with Crippen LogP contribution in [0.2, 0.25) is 10.0 Å². The molecule has 0 saturated heterocycles. The summed E-state index contributed by atoms with van der Waals surface area (Å²) in [6.07, 6.45) is 4.02. The smallest absolute Gasteiger partial charge is 0.257 e. The third kappa shape index (κ3) is 4.46. The van der Waals surface area contributed by atoms with E-state index < -0.39 is 10.0 Å². The summed E-state index contributed by atoms with van der Waals surface area (Å²) in [5.41, 5.74) is 2.81. The maximum Gasteiger partial charge on any atom is 0.257 e. The molecule has 30 heavy (non-hydrogen) atoms. The highest BCUT2D eigenvalue weighted by atomic mass is 35.5. The third-order valence-electron chi connectivity index (χ3n) is 4.74. The molecule has 0 unspecified atom stereocenters. The SMILES string of the molecule is CS(=O)(=O)N1CCc2cc(C(=O)Nc3ncc(Cc4cc(Cl)ccc4Cl)s3)ccc21. The zero-order chi connectivity index (χ0) is 21.5. The van der Waals surface area contributed by atoms with Gasteiger partial charge in [0.2, 0.25) is 10.0 Å². The molecule has 0 radical (unpaired) electrons. The summed E-state index contributed by atoms with van der Waals surface area (Å²) in [5.74, 6) is -0.294. The molecule has 1 aliphatic heterocycles. The number of carbonyl (C=O) groups is 1. The van der Waals surface area contributed by atoms with Gasteiger partial charge >= 0.3 is 0 Å². The molecule has 2 aromatic carbocycles. The van der Waals surface area contributed by atoms with Crippen LogP contribution in [0.15, 0.2) is 42.6 Å². The van der Waals surface area contributed by atoms with Gasteiger partial charge in [0.05, 0.1) is 11.9 Å². The van der Waals surface area contributed by atoms with Crippen molar-refractivity contribution in [2.45, 2.75) is 12.8 Å². The fourth-order valence-electron chi connectivity index (χ4n) is 3.34. The van der Waals surface area contributed by atoms with Gasteiger partial charge in [-0.3, -0.25) is 14.4 Å². The maximum atomic E-state index is 12.6. The van der Waals surface area contributed by atoms with Crippen LogP contribution in [0, 0.1) is 0 Å². The van der Waals surface area contributed by atoms with E-state index in [9.17, 15) is 13.2 Å². The number of sulfonamides is 1. The summed E-state index contributed by atoms with van der Waals surface area (Å²) < 4.78 is 25.1. The number of amides is 1. The summed E-state index contributed by atoms with van der Waals surface area (Å²) in [5, 5.41) is 4.51. The number of benzene rings is 2. The van der Waals surface area contributed by atoms with E-state index in [-0.39, 0.29) is 5.91 Å². The van der Waals surface area contributed by atoms with E-state index in [4.69, 9.17) is 23.2 Å². The Bertz CT molecular complexity index is 1240. The number of halogens is 2. The van der Waals surface area contributed by atoms with Crippen molar-refractivity contribution >= 4 is 61.3 Å². The van der Waals surface area contributed by atoms with E-state index in [1.807, 2.05) is 6.07 Å². The number of hydrogen-bond acceptors (Lipinski definition) is 5. The minimum absolute atomic E-state index is 0.294. The quantitative estimate of drug-likeness (QED) is 0.576. The molecule has 1 N–H and O–H groups in total. The lowest BCUT2D eigenvalue weighted by Crippen LogP contribution is -2.27. The van der Waals surface area contributed by atoms with Crippen LogP contribution in [0.1, 0.15) is 26.4 Å². The zero-order valence-electron chi connectivity index (χ0n) is 15.9. The van der Waals surface area contributed by atoms with Crippen molar-refractivity contribution in [1.29, 1.82) is 0 Å². The van der Waals surface area contributed by atoms with Crippen molar-refractivity contribution in [3.05, 3.63) is 74.2 Å². The van der Waals surface area contributed by atoms with Crippen LogP contribution in [-0.4, -0.2) is 32.1 Å². The molecular formula is C20H17Cl2N3O3S2. The minimum Gasteiger partial charge on any atom is -0.298 e. The maximum absolute atomic E-state index is 12.6. The predicted molar refractivity (Wildman–Crippen MR) is 122 cm³/mol. The summed E-state index contributed by atoms with van der Waals surface area (Å²) in [6, 6.07) is 10.3. The lowest BCUT2D eigenvalue weighted by Gasteiger charge is -2.16. The first-order valence-corrected chi connectivity index (χ1v) is 12.4. The Labute approximate surface area is 188 Å². The standard InChI is InChI=1S/C20H17Cl2N3O3S2/c1-30(27,28)25-7-6-12-8-13(2-5-18(12)25)19(26)24-20-23-11-16(29-20)10-14-9-15(21)3-4-17(14)22/h2-5,8-9,11H,6-7,10H2,1H3,(H,23,24,26). The minimum atomic E-state index is -3.32. The van der Waals surface area contributed by atoms with Gasteiger partial charge < -0.3 is 0 Å². The highest BCUT2D eigenvalue weighted by Gasteiger charge is 2.26. The number of fused-ring (bicyclic) bond motifs is 1. The van der Waals surface area contributed by atoms with Crippen LogP contribution in [0.3, 0.4) is 0 Å². The first-order chi connectivity index (χ1) is 14.2. The average Bonchev–Trinajstić information content (AvgIpc) is 3.30. The number of thiazole rings is 1. The highest BCUT2D eigenvalue weighted by molar-refractivity contribution is 7.92. The van der Waals surface area contributed by atoms with E-state index in [1.165, 1.54) is 21.9 Å². The zero-order valence-corrected chi connectivity index (χ0v) is 19.0. The van der Waals surface area contributed by atoms with Crippen LogP contribution >= 0.6 is 34.5 Å². The molecule has 0 spiro atoms. The molecule has 1 aromatic heterocycles. The molecule has 0 bridgehead atoms. The van der Waals surface area contributed by atoms with Crippen LogP contribution in [0.25, 0.3) is 0 Å². The second kappa shape index (κ2) is 8.19. The third-order valence-corrected chi connectivity index (χ3v) is 7.44. The molecular weight excluding hydrogens is 465 g/mol. The Morgan fingerprint density at radius 1 is 1.23 bits per heavy atom. The molecule has 3 aromatic rings. The largest absolute Gasteiger partial charge is 0.298 e. The van der Waals surface area contributed by atoms with Crippen LogP contribution in [-0.2, 0) is 22.9 Å².